The number of fused-ring (bicyclic) bond motifs is 1. The van der Waals surface area contributed by atoms with E-state index in [0.717, 1.165) is 6.26 Å². The molecule has 0 aliphatic rings. The minimum absolute atomic E-state index is 0.184. The molecule has 0 saturated carbocycles. The smallest absolute Gasteiger partial charge is 0.177 e. The van der Waals surface area contributed by atoms with E-state index in [1.54, 1.807) is 18.2 Å². The van der Waals surface area contributed by atoms with Crippen molar-refractivity contribution in [3.8, 4) is 0 Å². The lowest BCUT2D eigenvalue weighted by atomic mass is 10.3. The van der Waals surface area contributed by atoms with Crippen LogP contribution in [-0.4, -0.2) is 34.6 Å². The van der Waals surface area contributed by atoms with Crippen LogP contribution in [0, 0.1) is 0 Å². The van der Waals surface area contributed by atoms with Crippen molar-refractivity contribution in [1.82, 2.24) is 19.9 Å². The maximum Gasteiger partial charge on any atom is 0.177 e. The Hall–Kier alpha value is -2.88. The molecule has 2 heterocycles. The lowest BCUT2D eigenvalue weighted by Gasteiger charge is -2.14. The fourth-order valence-electron chi connectivity index (χ4n) is 2.34. The van der Waals surface area contributed by atoms with Crippen LogP contribution < -0.4 is 16.8 Å². The molecule has 6 N–H and O–H groups in total. The highest BCUT2D eigenvalue weighted by Crippen LogP contribution is 2.26. The van der Waals surface area contributed by atoms with Crippen molar-refractivity contribution in [2.75, 3.05) is 23.0 Å². The van der Waals surface area contributed by atoms with E-state index in [9.17, 15) is 8.42 Å². The van der Waals surface area contributed by atoms with E-state index in [1.165, 1.54) is 6.33 Å². The number of nitrogens with zero attached hydrogens (tertiary/aromatic N) is 3. The van der Waals surface area contributed by atoms with Gasteiger partial charge in [0, 0.05) is 6.26 Å². The molecule has 0 aliphatic heterocycles. The van der Waals surface area contributed by atoms with Gasteiger partial charge < -0.3 is 21.8 Å². The fraction of sp³-hybridized carbons (Fsp3) is 0.214. The number of sulfone groups is 1. The van der Waals surface area contributed by atoms with Gasteiger partial charge in [0.25, 0.3) is 0 Å². The first-order chi connectivity index (χ1) is 11.3. The van der Waals surface area contributed by atoms with Crippen LogP contribution in [0.1, 0.15) is 18.8 Å². The van der Waals surface area contributed by atoms with Crippen LogP contribution in [0.3, 0.4) is 0 Å². The number of nitrogen functional groups attached to an aromatic ring is 2. The number of aromatic amines is 1. The zero-order valence-corrected chi connectivity index (χ0v) is 13.9. The van der Waals surface area contributed by atoms with Crippen LogP contribution in [0.4, 0.5) is 17.3 Å². The molecule has 0 unspecified atom stereocenters. The number of rotatable bonds is 4. The van der Waals surface area contributed by atoms with Gasteiger partial charge in [0.05, 0.1) is 22.0 Å². The molecule has 0 radical (unpaired) electrons. The molecular formula is C14H17N7O2S. The maximum absolute atomic E-state index is 11.9. The van der Waals surface area contributed by atoms with Crippen LogP contribution in [0.2, 0.25) is 0 Å². The summed E-state index contributed by atoms with van der Waals surface area (Å²) in [6, 6.07) is 4.64. The van der Waals surface area contributed by atoms with Gasteiger partial charge in [-0.1, -0.05) is 6.07 Å². The largest absolute Gasteiger partial charge is 0.393 e. The Labute approximate surface area is 138 Å². The molecule has 0 fully saturated rings. The summed E-state index contributed by atoms with van der Waals surface area (Å²) in [5, 5.41) is 3.09. The number of benzene rings is 1. The molecule has 24 heavy (non-hydrogen) atoms. The molecule has 0 bridgehead atoms. The van der Waals surface area contributed by atoms with E-state index >= 15 is 0 Å². The van der Waals surface area contributed by atoms with E-state index in [1.807, 2.05) is 6.92 Å². The van der Waals surface area contributed by atoms with E-state index in [-0.39, 0.29) is 22.4 Å². The molecule has 3 aromatic rings. The van der Waals surface area contributed by atoms with Gasteiger partial charge in [-0.15, -0.1) is 0 Å². The summed E-state index contributed by atoms with van der Waals surface area (Å²) in [6.07, 6.45) is 2.47. The van der Waals surface area contributed by atoms with Gasteiger partial charge in [-0.2, -0.15) is 0 Å². The fourth-order valence-corrected chi connectivity index (χ4v) is 3.19. The van der Waals surface area contributed by atoms with Crippen molar-refractivity contribution in [2.24, 2.45) is 0 Å². The van der Waals surface area contributed by atoms with Crippen LogP contribution in [0.15, 0.2) is 29.4 Å². The Balaban J connectivity index is 1.99. The third-order valence-electron chi connectivity index (χ3n) is 3.58. The monoisotopic (exact) mass is 347 g/mol. The number of hydrogen-bond donors (Lipinski definition) is 4. The van der Waals surface area contributed by atoms with E-state index in [0.29, 0.717) is 22.7 Å². The number of nitrogens with one attached hydrogen (secondary N) is 2. The quantitative estimate of drug-likeness (QED) is 0.547. The minimum atomic E-state index is -3.36. The number of para-hydroxylation sites is 1. The highest BCUT2D eigenvalue weighted by molar-refractivity contribution is 7.91. The zero-order valence-electron chi connectivity index (χ0n) is 13.1. The van der Waals surface area contributed by atoms with Gasteiger partial charge in [0.15, 0.2) is 21.5 Å². The summed E-state index contributed by atoms with van der Waals surface area (Å²) >= 11 is 0. The molecule has 2 aromatic heterocycles. The van der Waals surface area contributed by atoms with E-state index < -0.39 is 9.84 Å². The Bertz CT molecular complexity index is 1010. The number of anilines is 3. The van der Waals surface area contributed by atoms with Crippen molar-refractivity contribution in [2.45, 2.75) is 17.9 Å². The number of nitrogens with two attached hydrogens (primary N) is 2. The summed E-state index contributed by atoms with van der Waals surface area (Å²) in [7, 11) is -3.36. The Kier molecular flexibility index (Phi) is 3.76. The van der Waals surface area contributed by atoms with Crippen molar-refractivity contribution in [3.63, 3.8) is 0 Å². The molecule has 9 nitrogen and oxygen atoms in total. The minimum Gasteiger partial charge on any atom is -0.393 e. The molecule has 0 aliphatic carbocycles. The first kappa shape index (κ1) is 16.0. The molecule has 1 aromatic carbocycles. The molecule has 0 spiro atoms. The van der Waals surface area contributed by atoms with E-state index in [4.69, 9.17) is 11.5 Å². The Morgan fingerprint density at radius 3 is 2.71 bits per heavy atom. The van der Waals surface area contributed by atoms with Crippen LogP contribution >= 0.6 is 0 Å². The standard InChI is InChI=1S/C14H17N7O2S/c1-7(19-14-10(15)12(16)17-6-18-14)13-20-8-4-3-5-9(11(8)21-13)24(2,22)23/h3-7H,15H2,1-2H3,(H,20,21)(H3,16,17,18,19)/t7-/m0/s1. The first-order valence-electron chi connectivity index (χ1n) is 7.08. The molecule has 126 valence electrons. The summed E-state index contributed by atoms with van der Waals surface area (Å²) in [5.41, 5.74) is 12.8. The van der Waals surface area contributed by atoms with Crippen LogP contribution in [0.5, 0.6) is 0 Å². The second-order valence-corrected chi connectivity index (χ2v) is 7.42. The normalized spacial score (nSPS) is 13.1. The van der Waals surface area contributed by atoms with Gasteiger partial charge in [-0.25, -0.2) is 23.4 Å². The van der Waals surface area contributed by atoms with Gasteiger partial charge >= 0.3 is 0 Å². The third-order valence-corrected chi connectivity index (χ3v) is 4.71. The maximum atomic E-state index is 11.9. The summed E-state index contributed by atoms with van der Waals surface area (Å²) in [5.74, 6) is 1.13. The third kappa shape index (κ3) is 2.83. The summed E-state index contributed by atoms with van der Waals surface area (Å²) in [6.45, 7) is 1.84. The van der Waals surface area contributed by atoms with Crippen molar-refractivity contribution in [1.29, 1.82) is 0 Å². The van der Waals surface area contributed by atoms with Gasteiger partial charge in [-0.05, 0) is 19.1 Å². The van der Waals surface area contributed by atoms with Gasteiger partial charge in [-0.3, -0.25) is 0 Å². The second-order valence-electron chi connectivity index (χ2n) is 5.43. The van der Waals surface area contributed by atoms with Gasteiger partial charge in [0.2, 0.25) is 0 Å². The predicted octanol–water partition coefficient (Wildman–Crippen LogP) is 1.09. The topological polar surface area (TPSA) is 153 Å². The first-order valence-corrected chi connectivity index (χ1v) is 8.97. The SMILES string of the molecule is C[C@H](Nc1ncnc(N)c1N)c1nc2cccc(S(C)(=O)=O)c2[nH]1. The highest BCUT2D eigenvalue weighted by atomic mass is 32.2. The molecule has 0 amide bonds. The van der Waals surface area contributed by atoms with Crippen LogP contribution in [-0.2, 0) is 9.84 Å². The molecule has 3 rings (SSSR count). The number of H-pyrrole nitrogens is 1. The molecular weight excluding hydrogens is 330 g/mol. The molecule has 1 atom stereocenters. The number of aromatic nitrogens is 4. The predicted molar refractivity (Wildman–Crippen MR) is 92.1 cm³/mol. The van der Waals surface area contributed by atoms with Gasteiger partial charge in [0.1, 0.15) is 17.8 Å². The molecule has 0 saturated heterocycles. The van der Waals surface area contributed by atoms with Crippen molar-refractivity contribution in [3.05, 3.63) is 30.4 Å². The van der Waals surface area contributed by atoms with E-state index in [2.05, 4.69) is 25.3 Å². The summed E-state index contributed by atoms with van der Waals surface area (Å²) < 4.78 is 23.8. The van der Waals surface area contributed by atoms with Crippen LogP contribution in [0.25, 0.3) is 11.0 Å². The average Bonchev–Trinajstić information content (AvgIpc) is 2.94. The lowest BCUT2D eigenvalue weighted by molar-refractivity contribution is 0.602. The zero-order chi connectivity index (χ0) is 17.5. The highest BCUT2D eigenvalue weighted by Gasteiger charge is 2.18. The second kappa shape index (κ2) is 5.64. The van der Waals surface area contributed by atoms with Crippen molar-refractivity contribution < 1.29 is 8.42 Å². The molecule has 10 heteroatoms. The lowest BCUT2D eigenvalue weighted by Crippen LogP contribution is -2.12. The average molecular weight is 347 g/mol. The Morgan fingerprint density at radius 1 is 1.25 bits per heavy atom. The van der Waals surface area contributed by atoms with Crippen molar-refractivity contribution >= 4 is 38.2 Å². The Morgan fingerprint density at radius 2 is 2.00 bits per heavy atom. The number of imidazole rings is 1. The number of hydrogen-bond acceptors (Lipinski definition) is 8. The summed E-state index contributed by atoms with van der Waals surface area (Å²) in [4.78, 5) is 15.6.